The van der Waals surface area contributed by atoms with Gasteiger partial charge in [0, 0.05) is 19.7 Å². The average Bonchev–Trinajstić information content (AvgIpc) is 2.65. The normalized spacial score (nSPS) is 20.3. The van der Waals surface area contributed by atoms with Gasteiger partial charge in [0.1, 0.15) is 11.9 Å². The molecule has 1 saturated heterocycles. The van der Waals surface area contributed by atoms with Gasteiger partial charge in [0.05, 0.1) is 12.7 Å². The molecule has 0 bridgehead atoms. The van der Waals surface area contributed by atoms with Gasteiger partial charge in [-0.15, -0.1) is 0 Å². The number of rotatable bonds is 2. The topological polar surface area (TPSA) is 88.1 Å². The van der Waals surface area contributed by atoms with E-state index in [1.807, 2.05) is 0 Å². The molecule has 1 fully saturated rings. The lowest BCUT2D eigenvalue weighted by atomic mass is 10.2. The zero-order valence-corrected chi connectivity index (χ0v) is 8.86. The summed E-state index contributed by atoms with van der Waals surface area (Å²) >= 11 is 0. The first-order valence-electron chi connectivity index (χ1n) is 4.96. The van der Waals surface area contributed by atoms with Crippen LogP contribution in [0.2, 0.25) is 0 Å². The fourth-order valence-corrected chi connectivity index (χ4v) is 1.46. The summed E-state index contributed by atoms with van der Waals surface area (Å²) in [6.45, 7) is 0.478. The molecular formula is C9H13N5O2. The molecule has 2 heterocycles. The first kappa shape index (κ1) is 10.6. The van der Waals surface area contributed by atoms with Crippen LogP contribution in [-0.2, 0) is 16.6 Å². The minimum absolute atomic E-state index is 0.0930. The molecule has 0 spiro atoms. The molecule has 1 aliphatic rings. The zero-order chi connectivity index (χ0) is 11.5. The molecule has 0 saturated carbocycles. The van der Waals surface area contributed by atoms with E-state index < -0.39 is 6.04 Å². The summed E-state index contributed by atoms with van der Waals surface area (Å²) in [4.78, 5) is 22.6. The van der Waals surface area contributed by atoms with Gasteiger partial charge >= 0.3 is 0 Å². The summed E-state index contributed by atoms with van der Waals surface area (Å²) in [7, 11) is 1.74. The number of aromatic nitrogens is 2. The van der Waals surface area contributed by atoms with Crippen molar-refractivity contribution in [2.45, 2.75) is 6.04 Å². The monoisotopic (exact) mass is 223 g/mol. The van der Waals surface area contributed by atoms with E-state index in [2.05, 4.69) is 21.0 Å². The van der Waals surface area contributed by atoms with Crippen LogP contribution in [0, 0.1) is 0 Å². The lowest BCUT2D eigenvalue weighted by molar-refractivity contribution is -0.124. The van der Waals surface area contributed by atoms with Gasteiger partial charge in [-0.05, 0) is 0 Å². The highest BCUT2D eigenvalue weighted by Crippen LogP contribution is 2.04. The first-order chi connectivity index (χ1) is 7.66. The van der Waals surface area contributed by atoms with Crippen LogP contribution >= 0.6 is 0 Å². The van der Waals surface area contributed by atoms with E-state index >= 15 is 0 Å². The van der Waals surface area contributed by atoms with E-state index in [1.165, 1.54) is 0 Å². The first-order valence-corrected chi connectivity index (χ1v) is 4.96. The Morgan fingerprint density at radius 2 is 2.50 bits per heavy atom. The van der Waals surface area contributed by atoms with Crippen LogP contribution in [0.15, 0.2) is 12.3 Å². The lowest BCUT2D eigenvalue weighted by Gasteiger charge is -2.22. The highest BCUT2D eigenvalue weighted by molar-refractivity contribution is 5.95. The van der Waals surface area contributed by atoms with Crippen molar-refractivity contribution in [2.24, 2.45) is 7.05 Å². The van der Waals surface area contributed by atoms with E-state index in [0.29, 0.717) is 12.4 Å². The van der Waals surface area contributed by atoms with Gasteiger partial charge in [0.25, 0.3) is 0 Å². The Morgan fingerprint density at radius 1 is 1.69 bits per heavy atom. The number of nitrogens with zero attached hydrogens (tertiary/aromatic N) is 2. The Hall–Kier alpha value is -1.89. The molecule has 3 N–H and O–H groups in total. The minimum atomic E-state index is -0.396. The van der Waals surface area contributed by atoms with Gasteiger partial charge in [-0.3, -0.25) is 19.6 Å². The molecule has 7 heteroatoms. The zero-order valence-electron chi connectivity index (χ0n) is 8.86. The van der Waals surface area contributed by atoms with E-state index in [1.54, 1.807) is 24.0 Å². The van der Waals surface area contributed by atoms with E-state index in [-0.39, 0.29) is 18.4 Å². The van der Waals surface area contributed by atoms with Crippen LogP contribution in [0.4, 0.5) is 5.82 Å². The second-order valence-corrected chi connectivity index (χ2v) is 3.57. The Kier molecular flexibility index (Phi) is 2.86. The summed E-state index contributed by atoms with van der Waals surface area (Å²) in [5.41, 5.74) is 0. The molecule has 2 rings (SSSR count). The second-order valence-electron chi connectivity index (χ2n) is 3.57. The quantitative estimate of drug-likeness (QED) is 0.566. The number of amides is 2. The molecule has 0 aliphatic carbocycles. The minimum Gasteiger partial charge on any atom is -0.353 e. The van der Waals surface area contributed by atoms with Gasteiger partial charge in [-0.1, -0.05) is 0 Å². The van der Waals surface area contributed by atoms with Gasteiger partial charge in [0.15, 0.2) is 0 Å². The third kappa shape index (κ3) is 2.19. The SMILES string of the molecule is Cn1nccc1NC(=O)C1CNC(=O)CN1. The second kappa shape index (κ2) is 4.31. The number of piperazine rings is 1. The maximum absolute atomic E-state index is 11.8. The summed E-state index contributed by atoms with van der Waals surface area (Å²) in [5.74, 6) is 0.358. The van der Waals surface area contributed by atoms with Crippen molar-refractivity contribution in [1.29, 1.82) is 0 Å². The van der Waals surface area contributed by atoms with Crippen LogP contribution in [0.1, 0.15) is 0 Å². The fraction of sp³-hybridized carbons (Fsp3) is 0.444. The van der Waals surface area contributed by atoms with Crippen LogP contribution < -0.4 is 16.0 Å². The van der Waals surface area contributed by atoms with Gasteiger partial charge in [-0.2, -0.15) is 5.10 Å². The molecule has 1 unspecified atom stereocenters. The van der Waals surface area contributed by atoms with Crippen LogP contribution in [0.3, 0.4) is 0 Å². The van der Waals surface area contributed by atoms with Gasteiger partial charge in [0.2, 0.25) is 11.8 Å². The maximum atomic E-state index is 11.8. The molecule has 1 aliphatic heterocycles. The molecule has 1 atom stereocenters. The van der Waals surface area contributed by atoms with E-state index in [0.717, 1.165) is 0 Å². The summed E-state index contributed by atoms with van der Waals surface area (Å²) in [6.07, 6.45) is 1.60. The number of carbonyl (C=O) groups excluding carboxylic acids is 2. The van der Waals surface area contributed by atoms with Crippen molar-refractivity contribution in [3.8, 4) is 0 Å². The van der Waals surface area contributed by atoms with E-state index in [9.17, 15) is 9.59 Å². The van der Waals surface area contributed by atoms with Crippen molar-refractivity contribution >= 4 is 17.6 Å². The summed E-state index contributed by atoms with van der Waals surface area (Å²) in [6, 6.07) is 1.31. The molecule has 7 nitrogen and oxygen atoms in total. The molecule has 86 valence electrons. The van der Waals surface area contributed by atoms with Crippen LogP contribution in [0.5, 0.6) is 0 Å². The van der Waals surface area contributed by atoms with Crippen molar-refractivity contribution in [3.05, 3.63) is 12.3 Å². The summed E-state index contributed by atoms with van der Waals surface area (Å²) in [5, 5.41) is 12.1. The Balaban J connectivity index is 1.93. The largest absolute Gasteiger partial charge is 0.353 e. The average molecular weight is 223 g/mol. The van der Waals surface area contributed by atoms with Crippen molar-refractivity contribution in [1.82, 2.24) is 20.4 Å². The molecule has 1 aromatic heterocycles. The smallest absolute Gasteiger partial charge is 0.244 e. The van der Waals surface area contributed by atoms with Crippen LogP contribution in [-0.4, -0.2) is 40.7 Å². The third-order valence-corrected chi connectivity index (χ3v) is 2.40. The Bertz CT molecular complexity index is 404. The molecule has 0 aromatic carbocycles. The fourth-order valence-electron chi connectivity index (χ4n) is 1.46. The standard InChI is InChI=1S/C9H13N5O2/c1-14-7(2-3-12-14)13-9(16)6-4-11-8(15)5-10-6/h2-3,6,10H,4-5H2,1H3,(H,11,15)(H,13,16). The number of carbonyl (C=O) groups is 2. The highest BCUT2D eigenvalue weighted by atomic mass is 16.2. The van der Waals surface area contributed by atoms with Crippen molar-refractivity contribution in [3.63, 3.8) is 0 Å². The number of anilines is 1. The number of aryl methyl sites for hydroxylation is 1. The molecule has 0 radical (unpaired) electrons. The van der Waals surface area contributed by atoms with Gasteiger partial charge in [-0.25, -0.2) is 0 Å². The molecule has 1 aromatic rings. The molecule has 16 heavy (non-hydrogen) atoms. The number of hydrogen-bond donors (Lipinski definition) is 3. The Morgan fingerprint density at radius 3 is 3.06 bits per heavy atom. The maximum Gasteiger partial charge on any atom is 0.244 e. The third-order valence-electron chi connectivity index (χ3n) is 2.40. The molecular weight excluding hydrogens is 210 g/mol. The van der Waals surface area contributed by atoms with Crippen molar-refractivity contribution < 1.29 is 9.59 Å². The predicted octanol–water partition coefficient (Wildman–Crippen LogP) is -1.55. The van der Waals surface area contributed by atoms with Crippen LogP contribution in [0.25, 0.3) is 0 Å². The number of hydrogen-bond acceptors (Lipinski definition) is 4. The van der Waals surface area contributed by atoms with E-state index in [4.69, 9.17) is 0 Å². The molecule has 2 amide bonds. The Labute approximate surface area is 92.2 Å². The van der Waals surface area contributed by atoms with Gasteiger partial charge < -0.3 is 10.6 Å². The number of nitrogens with one attached hydrogen (secondary N) is 3. The highest BCUT2D eigenvalue weighted by Gasteiger charge is 2.24. The lowest BCUT2D eigenvalue weighted by Crippen LogP contribution is -2.56. The summed E-state index contributed by atoms with van der Waals surface area (Å²) < 4.78 is 1.57. The predicted molar refractivity (Wildman–Crippen MR) is 56.6 cm³/mol. The van der Waals surface area contributed by atoms with Crippen molar-refractivity contribution in [2.75, 3.05) is 18.4 Å².